The van der Waals surface area contributed by atoms with Gasteiger partial charge in [-0.15, -0.1) is 0 Å². The van der Waals surface area contributed by atoms with E-state index in [0.717, 1.165) is 22.2 Å². The molecule has 40 heavy (non-hydrogen) atoms. The molecule has 1 fully saturated rings. The van der Waals surface area contributed by atoms with Gasteiger partial charge < -0.3 is 9.15 Å². The monoisotopic (exact) mass is 543 g/mol. The number of non-ortho nitro benzene ring substituents is 1. The van der Waals surface area contributed by atoms with Gasteiger partial charge in [0.05, 0.1) is 23.0 Å². The maximum Gasteiger partial charge on any atom is 0.379 e. The van der Waals surface area contributed by atoms with Crippen molar-refractivity contribution in [3.05, 3.63) is 106 Å². The van der Waals surface area contributed by atoms with Crippen LogP contribution < -0.4 is 4.74 Å². The number of nitro benzene ring substituents is 1. The Morgan fingerprint density at radius 1 is 0.925 bits per heavy atom. The number of Topliss-reactive ketones (excluding diaryl/α,β-unsaturated/α-hetero) is 1. The van der Waals surface area contributed by atoms with E-state index in [1.54, 1.807) is 12.2 Å². The lowest BCUT2D eigenvalue weighted by Gasteiger charge is -2.30. The number of ether oxygens (including phenoxy) is 1. The number of amides is 3. The molecule has 5 rings (SSSR count). The fraction of sp³-hybridized carbons (Fsp3) is 0.179. The predicted molar refractivity (Wildman–Crippen MR) is 136 cm³/mol. The summed E-state index contributed by atoms with van der Waals surface area (Å²) in [6.45, 7) is -0.661. The first-order valence-corrected chi connectivity index (χ1v) is 12.2. The first-order valence-electron chi connectivity index (χ1n) is 12.2. The molecule has 202 valence electrons. The summed E-state index contributed by atoms with van der Waals surface area (Å²) in [6, 6.07) is 13.1. The number of allylic oxidation sites excluding steroid dienone is 2. The van der Waals surface area contributed by atoms with E-state index >= 15 is 0 Å². The van der Waals surface area contributed by atoms with Crippen molar-refractivity contribution in [2.45, 2.75) is 12.8 Å². The second kappa shape index (κ2) is 10.8. The number of hydrogen-bond donors (Lipinski definition) is 0. The number of rotatable bonds is 8. The topological polar surface area (TPSA) is 157 Å². The number of carbonyl (C=O) groups excluding carboxylic acids is 5. The van der Waals surface area contributed by atoms with Gasteiger partial charge in [0.2, 0.25) is 5.76 Å². The minimum absolute atomic E-state index is 0.00346. The lowest BCUT2D eigenvalue weighted by atomic mass is 9.85. The van der Waals surface area contributed by atoms with Crippen molar-refractivity contribution in [1.82, 2.24) is 10.0 Å². The standard InChI is InChI=1S/C28H21N3O9/c32-23(17-9-13-20(14-10-17)40-28(36)24-6-3-15-39-24)16-29(25(33)18-7-11-19(12-8-18)31(37)38)30-26(34)21-4-1-2-5-22(21)27(30)35/h1-3,6-15,21-22H,4-5,16H2/t21-,22-/m1/s1. The summed E-state index contributed by atoms with van der Waals surface area (Å²) in [7, 11) is 0. The van der Waals surface area contributed by atoms with Gasteiger partial charge in [0, 0.05) is 23.3 Å². The van der Waals surface area contributed by atoms with Crippen LogP contribution in [0.1, 0.15) is 44.1 Å². The fourth-order valence-corrected chi connectivity index (χ4v) is 4.62. The van der Waals surface area contributed by atoms with Crippen LogP contribution in [0.5, 0.6) is 5.75 Å². The molecule has 1 aromatic heterocycles. The van der Waals surface area contributed by atoms with Gasteiger partial charge in [-0.1, -0.05) is 12.2 Å². The number of ketones is 1. The SMILES string of the molecule is O=C(CN(C(=O)c1ccc([N+](=O)[O-])cc1)N1C(=O)[C@@H]2CC=CC[C@H]2C1=O)c1ccc(OC(=O)c2ccco2)cc1. The Hall–Kier alpha value is -5.39. The highest BCUT2D eigenvalue weighted by Gasteiger charge is 2.51. The zero-order valence-corrected chi connectivity index (χ0v) is 20.8. The molecule has 1 saturated heterocycles. The zero-order valence-electron chi connectivity index (χ0n) is 20.8. The number of esters is 1. The Balaban J connectivity index is 1.39. The van der Waals surface area contributed by atoms with Crippen LogP contribution in [0, 0.1) is 22.0 Å². The molecular formula is C28H21N3O9. The highest BCUT2D eigenvalue weighted by molar-refractivity contribution is 6.09. The number of hydrogen-bond acceptors (Lipinski definition) is 9. The van der Waals surface area contributed by atoms with Gasteiger partial charge in [0.25, 0.3) is 23.4 Å². The molecule has 3 aromatic rings. The summed E-state index contributed by atoms with van der Waals surface area (Å²) in [4.78, 5) is 75.8. The summed E-state index contributed by atoms with van der Waals surface area (Å²) in [5.74, 6) is -4.54. The highest BCUT2D eigenvalue weighted by Crippen LogP contribution is 2.36. The van der Waals surface area contributed by atoms with E-state index < -0.39 is 52.8 Å². The van der Waals surface area contributed by atoms with Crippen LogP contribution in [-0.2, 0) is 9.59 Å². The summed E-state index contributed by atoms with van der Waals surface area (Å²) in [6.07, 6.45) is 5.58. The van der Waals surface area contributed by atoms with Crippen LogP contribution in [0.3, 0.4) is 0 Å². The summed E-state index contributed by atoms with van der Waals surface area (Å²) in [5.41, 5.74) is -0.179. The summed E-state index contributed by atoms with van der Waals surface area (Å²) >= 11 is 0. The average Bonchev–Trinajstić information content (AvgIpc) is 3.59. The van der Waals surface area contributed by atoms with E-state index in [1.807, 2.05) is 0 Å². The molecule has 2 aromatic carbocycles. The average molecular weight is 543 g/mol. The number of carbonyl (C=O) groups is 5. The van der Waals surface area contributed by atoms with Gasteiger partial charge >= 0.3 is 5.97 Å². The smallest absolute Gasteiger partial charge is 0.379 e. The van der Waals surface area contributed by atoms with E-state index in [0.29, 0.717) is 12.8 Å². The van der Waals surface area contributed by atoms with Gasteiger partial charge in [-0.3, -0.25) is 29.3 Å². The lowest BCUT2D eigenvalue weighted by Crippen LogP contribution is -2.52. The first kappa shape index (κ1) is 26.2. The zero-order chi connectivity index (χ0) is 28.4. The van der Waals surface area contributed by atoms with Gasteiger partial charge in [0.15, 0.2) is 5.78 Å². The molecule has 2 aliphatic rings. The second-order valence-corrected chi connectivity index (χ2v) is 9.13. The normalized spacial score (nSPS) is 17.9. The number of hydrazine groups is 1. The van der Waals surface area contributed by atoms with Crippen molar-refractivity contribution in [2.75, 3.05) is 6.54 Å². The van der Waals surface area contributed by atoms with E-state index in [1.165, 1.54) is 54.8 Å². The lowest BCUT2D eigenvalue weighted by molar-refractivity contribution is -0.384. The fourth-order valence-electron chi connectivity index (χ4n) is 4.62. The molecule has 0 saturated carbocycles. The van der Waals surface area contributed by atoms with Crippen molar-refractivity contribution in [1.29, 1.82) is 0 Å². The second-order valence-electron chi connectivity index (χ2n) is 9.13. The number of nitrogens with zero attached hydrogens (tertiary/aromatic N) is 3. The Kier molecular flexibility index (Phi) is 7.06. The maximum atomic E-state index is 13.5. The molecule has 12 nitrogen and oxygen atoms in total. The number of nitro groups is 1. The van der Waals surface area contributed by atoms with Crippen molar-refractivity contribution < 1.29 is 38.1 Å². The van der Waals surface area contributed by atoms with Gasteiger partial charge in [-0.25, -0.2) is 9.80 Å². The molecular weight excluding hydrogens is 522 g/mol. The molecule has 3 amide bonds. The number of imide groups is 1. The van der Waals surface area contributed by atoms with E-state index in [9.17, 15) is 34.1 Å². The van der Waals surface area contributed by atoms with Crippen LogP contribution >= 0.6 is 0 Å². The van der Waals surface area contributed by atoms with Gasteiger partial charge in [0.1, 0.15) is 12.3 Å². The summed E-state index contributed by atoms with van der Waals surface area (Å²) in [5, 5.41) is 12.5. The predicted octanol–water partition coefficient (Wildman–Crippen LogP) is 3.60. The van der Waals surface area contributed by atoms with Crippen LogP contribution in [0.4, 0.5) is 5.69 Å². The van der Waals surface area contributed by atoms with E-state index in [-0.39, 0.29) is 28.3 Å². The van der Waals surface area contributed by atoms with Gasteiger partial charge in [-0.2, -0.15) is 5.01 Å². The highest BCUT2D eigenvalue weighted by atomic mass is 16.6. The largest absolute Gasteiger partial charge is 0.457 e. The van der Waals surface area contributed by atoms with Crippen LogP contribution in [0.15, 0.2) is 83.5 Å². The van der Waals surface area contributed by atoms with Crippen molar-refractivity contribution in [2.24, 2.45) is 11.8 Å². The molecule has 0 spiro atoms. The minimum atomic E-state index is -0.847. The van der Waals surface area contributed by atoms with Gasteiger partial charge in [-0.05, 0) is 61.4 Å². The van der Waals surface area contributed by atoms with Crippen molar-refractivity contribution >= 4 is 35.2 Å². The third kappa shape index (κ3) is 5.01. The van der Waals surface area contributed by atoms with E-state index in [2.05, 4.69) is 0 Å². The molecule has 12 heteroatoms. The molecule has 1 aliphatic carbocycles. The molecule has 0 bridgehead atoms. The van der Waals surface area contributed by atoms with E-state index in [4.69, 9.17) is 9.15 Å². The third-order valence-corrected chi connectivity index (χ3v) is 6.69. The Bertz CT molecular complexity index is 1500. The van der Waals surface area contributed by atoms with Crippen LogP contribution in [0.25, 0.3) is 0 Å². The Labute approximate surface area is 226 Å². The molecule has 0 radical (unpaired) electrons. The maximum absolute atomic E-state index is 13.5. The van der Waals surface area contributed by atoms with Crippen molar-refractivity contribution in [3.8, 4) is 5.75 Å². The number of fused-ring (bicyclic) bond motifs is 1. The molecule has 2 heterocycles. The van der Waals surface area contributed by atoms with Crippen molar-refractivity contribution in [3.63, 3.8) is 0 Å². The Morgan fingerprint density at radius 2 is 1.52 bits per heavy atom. The van der Waals surface area contributed by atoms with Crippen LogP contribution in [-0.4, -0.2) is 51.0 Å². The molecule has 0 unspecified atom stereocenters. The minimum Gasteiger partial charge on any atom is -0.457 e. The number of benzene rings is 2. The third-order valence-electron chi connectivity index (χ3n) is 6.69. The quantitative estimate of drug-likeness (QED) is 0.0787. The van der Waals surface area contributed by atoms with Crippen LogP contribution in [0.2, 0.25) is 0 Å². The molecule has 2 atom stereocenters. The first-order chi connectivity index (χ1) is 19.2. The molecule has 0 N–H and O–H groups in total. The number of furan rings is 1. The molecule has 1 aliphatic heterocycles. The Morgan fingerprint density at radius 3 is 2.08 bits per heavy atom. The summed E-state index contributed by atoms with van der Waals surface area (Å²) < 4.78 is 10.2.